The molecular formula is C16H20N2O. The molecule has 0 aliphatic heterocycles. The average molecular weight is 256 g/mol. The van der Waals surface area contributed by atoms with Crippen LogP contribution in [-0.4, -0.2) is 19.0 Å². The van der Waals surface area contributed by atoms with Gasteiger partial charge in [0.1, 0.15) is 0 Å². The topological polar surface area (TPSA) is 55.1 Å². The molecule has 1 aromatic rings. The Balaban J connectivity index is 2.11. The van der Waals surface area contributed by atoms with E-state index in [4.69, 9.17) is 5.73 Å². The maximum absolute atomic E-state index is 12.2. The lowest BCUT2D eigenvalue weighted by Gasteiger charge is -2.07. The first-order valence-corrected chi connectivity index (χ1v) is 6.69. The third kappa shape index (κ3) is 3.59. The van der Waals surface area contributed by atoms with Gasteiger partial charge in [0.15, 0.2) is 0 Å². The van der Waals surface area contributed by atoms with Crippen LogP contribution in [0.4, 0.5) is 0 Å². The van der Waals surface area contributed by atoms with Gasteiger partial charge in [0.2, 0.25) is 0 Å². The fourth-order valence-corrected chi connectivity index (χ4v) is 2.10. The van der Waals surface area contributed by atoms with Crippen LogP contribution < -0.4 is 11.1 Å². The van der Waals surface area contributed by atoms with Gasteiger partial charge in [0.05, 0.1) is 12.1 Å². The zero-order valence-corrected chi connectivity index (χ0v) is 11.5. The number of carbonyl (C=O) groups is 1. The van der Waals surface area contributed by atoms with E-state index < -0.39 is 0 Å². The third-order valence-corrected chi connectivity index (χ3v) is 3.55. The summed E-state index contributed by atoms with van der Waals surface area (Å²) in [7, 11) is 0. The van der Waals surface area contributed by atoms with Crippen LogP contribution in [0.25, 0.3) is 0 Å². The monoisotopic (exact) mass is 256 g/mol. The highest BCUT2D eigenvalue weighted by Crippen LogP contribution is 2.36. The predicted octanol–water partition coefficient (Wildman–Crippen LogP) is 1.69. The molecule has 1 aliphatic rings. The van der Waals surface area contributed by atoms with Crippen LogP contribution in [0, 0.1) is 30.6 Å². The predicted molar refractivity (Wildman–Crippen MR) is 76.7 cm³/mol. The molecule has 1 amide bonds. The van der Waals surface area contributed by atoms with Crippen molar-refractivity contribution in [3.8, 4) is 11.8 Å². The summed E-state index contributed by atoms with van der Waals surface area (Å²) in [4.78, 5) is 12.2. The molecule has 3 nitrogen and oxygen atoms in total. The molecule has 3 heteroatoms. The van der Waals surface area contributed by atoms with Gasteiger partial charge in [0.25, 0.3) is 5.91 Å². The Morgan fingerprint density at radius 2 is 2.26 bits per heavy atom. The van der Waals surface area contributed by atoms with Crippen molar-refractivity contribution in [2.75, 3.05) is 13.1 Å². The molecule has 0 radical (unpaired) electrons. The quantitative estimate of drug-likeness (QED) is 0.809. The van der Waals surface area contributed by atoms with E-state index in [1.54, 1.807) is 0 Å². The SMILES string of the molecule is Cc1ccc(C#CCN)c(C(=O)NCC2CC2C)c1. The molecule has 0 aromatic heterocycles. The van der Waals surface area contributed by atoms with Crippen molar-refractivity contribution in [3.05, 3.63) is 34.9 Å². The molecule has 0 spiro atoms. The Bertz CT molecular complexity index is 539. The van der Waals surface area contributed by atoms with Crippen molar-refractivity contribution >= 4 is 5.91 Å². The van der Waals surface area contributed by atoms with Gasteiger partial charge in [-0.2, -0.15) is 0 Å². The van der Waals surface area contributed by atoms with Crippen LogP contribution in [0.3, 0.4) is 0 Å². The van der Waals surface area contributed by atoms with E-state index in [2.05, 4.69) is 24.1 Å². The summed E-state index contributed by atoms with van der Waals surface area (Å²) in [5.74, 6) is 7.11. The first-order chi connectivity index (χ1) is 9.11. The minimum atomic E-state index is -0.0379. The average Bonchev–Trinajstić information content (AvgIpc) is 3.10. The number of carbonyl (C=O) groups excluding carboxylic acids is 1. The molecule has 3 N–H and O–H groups in total. The van der Waals surface area contributed by atoms with Crippen molar-refractivity contribution in [1.82, 2.24) is 5.32 Å². The van der Waals surface area contributed by atoms with E-state index in [0.717, 1.165) is 23.6 Å². The van der Waals surface area contributed by atoms with E-state index >= 15 is 0 Å². The zero-order valence-electron chi connectivity index (χ0n) is 11.5. The minimum Gasteiger partial charge on any atom is -0.352 e. The van der Waals surface area contributed by atoms with Crippen molar-refractivity contribution in [2.24, 2.45) is 17.6 Å². The summed E-state index contributed by atoms with van der Waals surface area (Å²) >= 11 is 0. The van der Waals surface area contributed by atoms with Gasteiger partial charge < -0.3 is 11.1 Å². The summed E-state index contributed by atoms with van der Waals surface area (Å²) in [5, 5.41) is 3.00. The second-order valence-electron chi connectivity index (χ2n) is 5.24. The summed E-state index contributed by atoms with van der Waals surface area (Å²) in [6.45, 7) is 5.24. The van der Waals surface area contributed by atoms with E-state index in [0.29, 0.717) is 18.0 Å². The minimum absolute atomic E-state index is 0.0379. The number of nitrogens with two attached hydrogens (primary N) is 1. The molecule has 1 fully saturated rings. The molecule has 2 rings (SSSR count). The maximum Gasteiger partial charge on any atom is 0.252 e. The summed E-state index contributed by atoms with van der Waals surface area (Å²) in [6, 6.07) is 5.72. The smallest absolute Gasteiger partial charge is 0.252 e. The Labute approximate surface area is 114 Å². The van der Waals surface area contributed by atoms with Crippen molar-refractivity contribution in [2.45, 2.75) is 20.3 Å². The lowest BCUT2D eigenvalue weighted by molar-refractivity contribution is 0.0951. The second-order valence-corrected chi connectivity index (χ2v) is 5.24. The Kier molecular flexibility index (Phi) is 4.24. The maximum atomic E-state index is 12.2. The summed E-state index contributed by atoms with van der Waals surface area (Å²) < 4.78 is 0. The van der Waals surface area contributed by atoms with Gasteiger partial charge in [-0.25, -0.2) is 0 Å². The summed E-state index contributed by atoms with van der Waals surface area (Å²) in [6.07, 6.45) is 1.22. The van der Waals surface area contributed by atoms with E-state index in [1.165, 1.54) is 6.42 Å². The number of amides is 1. The molecule has 0 bridgehead atoms. The van der Waals surface area contributed by atoms with Crippen LogP contribution in [-0.2, 0) is 0 Å². The Morgan fingerprint density at radius 1 is 1.53 bits per heavy atom. The normalized spacial score (nSPS) is 20.4. The molecular weight excluding hydrogens is 236 g/mol. The molecule has 1 aromatic carbocycles. The molecule has 0 saturated heterocycles. The molecule has 2 unspecified atom stereocenters. The highest BCUT2D eigenvalue weighted by atomic mass is 16.1. The van der Waals surface area contributed by atoms with Gasteiger partial charge in [-0.05, 0) is 37.3 Å². The number of benzene rings is 1. The highest BCUT2D eigenvalue weighted by Gasteiger charge is 2.32. The third-order valence-electron chi connectivity index (χ3n) is 3.55. The fraction of sp³-hybridized carbons (Fsp3) is 0.438. The fourth-order valence-electron chi connectivity index (χ4n) is 2.10. The number of nitrogens with one attached hydrogen (secondary N) is 1. The lowest BCUT2D eigenvalue weighted by Crippen LogP contribution is -2.26. The number of hydrogen-bond donors (Lipinski definition) is 2. The van der Waals surface area contributed by atoms with Gasteiger partial charge >= 0.3 is 0 Å². The summed E-state index contributed by atoms with van der Waals surface area (Å²) in [5.41, 5.74) is 7.83. The van der Waals surface area contributed by atoms with E-state index in [-0.39, 0.29) is 5.91 Å². The molecule has 0 heterocycles. The van der Waals surface area contributed by atoms with Crippen LogP contribution in [0.15, 0.2) is 18.2 Å². The molecule has 1 aliphatic carbocycles. The largest absolute Gasteiger partial charge is 0.352 e. The first-order valence-electron chi connectivity index (χ1n) is 6.69. The Hall–Kier alpha value is -1.79. The van der Waals surface area contributed by atoms with Crippen molar-refractivity contribution in [1.29, 1.82) is 0 Å². The van der Waals surface area contributed by atoms with Crippen LogP contribution >= 0.6 is 0 Å². The standard InChI is InChI=1S/C16H20N2O/c1-11-5-6-13(4-3-7-17)15(8-11)16(19)18-10-14-9-12(14)2/h5-6,8,12,14H,7,9-10,17H2,1-2H3,(H,18,19). The van der Waals surface area contributed by atoms with Crippen LogP contribution in [0.2, 0.25) is 0 Å². The van der Waals surface area contributed by atoms with Crippen LogP contribution in [0.1, 0.15) is 34.8 Å². The molecule has 1 saturated carbocycles. The van der Waals surface area contributed by atoms with Gasteiger partial charge in [-0.1, -0.05) is 30.4 Å². The lowest BCUT2D eigenvalue weighted by atomic mass is 10.0. The van der Waals surface area contributed by atoms with E-state index in [9.17, 15) is 4.79 Å². The first kappa shape index (κ1) is 13.6. The van der Waals surface area contributed by atoms with E-state index in [1.807, 2.05) is 25.1 Å². The number of aryl methyl sites for hydroxylation is 1. The molecule has 19 heavy (non-hydrogen) atoms. The molecule has 2 atom stereocenters. The number of rotatable bonds is 3. The highest BCUT2D eigenvalue weighted by molar-refractivity contribution is 5.97. The zero-order chi connectivity index (χ0) is 13.8. The van der Waals surface area contributed by atoms with Gasteiger partial charge in [-0.3, -0.25) is 4.79 Å². The van der Waals surface area contributed by atoms with Crippen molar-refractivity contribution < 1.29 is 4.79 Å². The Morgan fingerprint density at radius 3 is 2.89 bits per heavy atom. The second kappa shape index (κ2) is 5.90. The molecule has 100 valence electrons. The van der Waals surface area contributed by atoms with Gasteiger partial charge in [-0.15, -0.1) is 0 Å². The van der Waals surface area contributed by atoms with Gasteiger partial charge in [0, 0.05) is 12.1 Å². The number of hydrogen-bond acceptors (Lipinski definition) is 2. The van der Waals surface area contributed by atoms with Crippen molar-refractivity contribution in [3.63, 3.8) is 0 Å². The van der Waals surface area contributed by atoms with Crippen LogP contribution in [0.5, 0.6) is 0 Å².